The Labute approximate surface area is 108 Å². The first-order chi connectivity index (χ1) is 8.22. The largest absolute Gasteiger partial charge is 0.309 e. The first kappa shape index (κ1) is 13.0. The van der Waals surface area contributed by atoms with Crippen molar-refractivity contribution in [2.75, 3.05) is 6.54 Å². The van der Waals surface area contributed by atoms with E-state index in [1.165, 1.54) is 31.0 Å². The summed E-state index contributed by atoms with van der Waals surface area (Å²) in [5.41, 5.74) is 1.14. The Morgan fingerprint density at radius 1 is 1.41 bits per heavy atom. The first-order valence-corrected chi connectivity index (χ1v) is 7.46. The predicted octanol–water partition coefficient (Wildman–Crippen LogP) is 3.26. The average Bonchev–Trinajstić information content (AvgIpc) is 2.83. The molecule has 2 rings (SSSR count). The first-order valence-electron chi connectivity index (χ1n) is 6.73. The van der Waals surface area contributed by atoms with Crippen molar-refractivity contribution in [3.05, 3.63) is 11.9 Å². The third kappa shape index (κ3) is 3.05. The maximum Gasteiger partial charge on any atom is 0.0915 e. The molecule has 1 aromatic rings. The van der Waals surface area contributed by atoms with Gasteiger partial charge in [-0.05, 0) is 37.1 Å². The monoisotopic (exact) mass is 253 g/mol. The molecule has 0 aromatic carbocycles. The lowest BCUT2D eigenvalue weighted by atomic mass is 9.72. The van der Waals surface area contributed by atoms with Gasteiger partial charge < -0.3 is 5.32 Å². The van der Waals surface area contributed by atoms with Gasteiger partial charge in [-0.15, -0.1) is 0 Å². The summed E-state index contributed by atoms with van der Waals surface area (Å²) >= 11 is 1.32. The zero-order chi connectivity index (χ0) is 12.3. The van der Waals surface area contributed by atoms with Crippen LogP contribution in [0.2, 0.25) is 0 Å². The smallest absolute Gasteiger partial charge is 0.0915 e. The number of hydrogen-bond donors (Lipinski definition) is 1. The molecule has 0 saturated heterocycles. The molecule has 1 N–H and O–H groups in total. The lowest BCUT2D eigenvalue weighted by molar-refractivity contribution is 0.170. The summed E-state index contributed by atoms with van der Waals surface area (Å²) in [7, 11) is 0. The summed E-state index contributed by atoms with van der Waals surface area (Å²) in [6, 6.07) is 0.411. The van der Waals surface area contributed by atoms with Crippen LogP contribution < -0.4 is 5.32 Å². The van der Waals surface area contributed by atoms with Gasteiger partial charge in [-0.3, -0.25) is 0 Å². The van der Waals surface area contributed by atoms with E-state index < -0.39 is 0 Å². The maximum absolute atomic E-state index is 4.42. The van der Waals surface area contributed by atoms with Crippen LogP contribution in [0.1, 0.15) is 51.8 Å². The molecule has 0 spiro atoms. The van der Waals surface area contributed by atoms with Gasteiger partial charge in [-0.1, -0.05) is 27.2 Å². The highest BCUT2D eigenvalue weighted by Gasteiger charge is 2.31. The summed E-state index contributed by atoms with van der Waals surface area (Å²) in [6.07, 6.45) is 5.92. The molecule has 0 bridgehead atoms. The molecule has 1 fully saturated rings. The SMILES string of the molecule is CCNC(c1cnsn1)C1CCC(C)C(C)C1. The lowest BCUT2D eigenvalue weighted by Crippen LogP contribution is -2.33. The van der Waals surface area contributed by atoms with Crippen LogP contribution in [0.3, 0.4) is 0 Å². The second-order valence-corrected chi connectivity index (χ2v) is 5.95. The molecule has 0 amide bonds. The van der Waals surface area contributed by atoms with Crippen molar-refractivity contribution in [3.63, 3.8) is 0 Å². The van der Waals surface area contributed by atoms with Crippen LogP contribution >= 0.6 is 11.7 Å². The summed E-state index contributed by atoms with van der Waals surface area (Å²) < 4.78 is 8.57. The quantitative estimate of drug-likeness (QED) is 0.895. The molecule has 17 heavy (non-hydrogen) atoms. The van der Waals surface area contributed by atoms with Gasteiger partial charge >= 0.3 is 0 Å². The van der Waals surface area contributed by atoms with Gasteiger partial charge in [0.25, 0.3) is 0 Å². The van der Waals surface area contributed by atoms with E-state index in [9.17, 15) is 0 Å². The van der Waals surface area contributed by atoms with E-state index in [2.05, 4.69) is 34.8 Å². The fourth-order valence-corrected chi connectivity index (χ4v) is 3.39. The molecule has 1 aliphatic carbocycles. The minimum Gasteiger partial charge on any atom is -0.309 e. The van der Waals surface area contributed by atoms with Gasteiger partial charge in [0.1, 0.15) is 0 Å². The summed E-state index contributed by atoms with van der Waals surface area (Å²) in [5, 5.41) is 3.59. The van der Waals surface area contributed by atoms with Gasteiger partial charge in [0.05, 0.1) is 29.7 Å². The van der Waals surface area contributed by atoms with E-state index >= 15 is 0 Å². The minimum atomic E-state index is 0.411. The molecular formula is C13H23N3S. The van der Waals surface area contributed by atoms with E-state index in [1.807, 2.05) is 6.20 Å². The van der Waals surface area contributed by atoms with Crippen molar-refractivity contribution in [1.29, 1.82) is 0 Å². The van der Waals surface area contributed by atoms with Gasteiger partial charge in [0.15, 0.2) is 0 Å². The number of aromatic nitrogens is 2. The van der Waals surface area contributed by atoms with Gasteiger partial charge in [-0.25, -0.2) is 0 Å². The fraction of sp³-hybridized carbons (Fsp3) is 0.846. The van der Waals surface area contributed by atoms with Crippen molar-refractivity contribution >= 4 is 11.7 Å². The molecule has 96 valence electrons. The van der Waals surface area contributed by atoms with Crippen molar-refractivity contribution in [1.82, 2.24) is 14.1 Å². The Hall–Kier alpha value is -0.480. The van der Waals surface area contributed by atoms with Crippen molar-refractivity contribution in [2.45, 2.75) is 46.1 Å². The number of hydrogen-bond acceptors (Lipinski definition) is 4. The highest BCUT2D eigenvalue weighted by Crippen LogP contribution is 2.39. The van der Waals surface area contributed by atoms with Crippen LogP contribution in [0.4, 0.5) is 0 Å². The normalized spacial score (nSPS) is 31.4. The Kier molecular flexibility index (Phi) is 4.51. The Morgan fingerprint density at radius 2 is 2.24 bits per heavy atom. The molecule has 1 aliphatic rings. The van der Waals surface area contributed by atoms with Crippen molar-refractivity contribution in [3.8, 4) is 0 Å². The Bertz CT molecular complexity index is 325. The van der Waals surface area contributed by atoms with Crippen molar-refractivity contribution in [2.24, 2.45) is 17.8 Å². The van der Waals surface area contributed by atoms with Gasteiger partial charge in [0, 0.05) is 0 Å². The second kappa shape index (κ2) is 5.91. The number of nitrogens with zero attached hydrogens (tertiary/aromatic N) is 2. The summed E-state index contributed by atoms with van der Waals surface area (Å²) in [4.78, 5) is 0. The molecule has 3 nitrogen and oxygen atoms in total. The highest BCUT2D eigenvalue weighted by molar-refractivity contribution is 6.99. The van der Waals surface area contributed by atoms with Crippen LogP contribution in [0.15, 0.2) is 6.20 Å². The molecular weight excluding hydrogens is 230 g/mol. The lowest BCUT2D eigenvalue weighted by Gasteiger charge is -2.36. The third-order valence-corrected chi connectivity index (χ3v) is 4.72. The van der Waals surface area contributed by atoms with Crippen LogP contribution in [0, 0.1) is 17.8 Å². The van der Waals surface area contributed by atoms with Crippen LogP contribution in [-0.2, 0) is 0 Å². The van der Waals surface area contributed by atoms with E-state index in [1.54, 1.807) is 0 Å². The van der Waals surface area contributed by atoms with E-state index in [4.69, 9.17) is 0 Å². The molecule has 4 atom stereocenters. The molecule has 4 unspecified atom stereocenters. The standard InChI is InChI=1S/C13H23N3S/c1-4-14-13(12-8-15-17-16-12)11-6-5-9(2)10(3)7-11/h8-11,13-14H,4-7H2,1-3H3. The van der Waals surface area contributed by atoms with Crippen LogP contribution in [0.25, 0.3) is 0 Å². The summed E-state index contributed by atoms with van der Waals surface area (Å²) in [6.45, 7) is 7.94. The highest BCUT2D eigenvalue weighted by atomic mass is 32.1. The van der Waals surface area contributed by atoms with Gasteiger partial charge in [0.2, 0.25) is 0 Å². The molecule has 0 aliphatic heterocycles. The summed E-state index contributed by atoms with van der Waals surface area (Å²) in [5.74, 6) is 2.44. The maximum atomic E-state index is 4.42. The molecule has 0 radical (unpaired) electrons. The molecule has 4 heteroatoms. The molecule has 1 saturated carbocycles. The predicted molar refractivity (Wildman–Crippen MR) is 72.0 cm³/mol. The Morgan fingerprint density at radius 3 is 2.82 bits per heavy atom. The third-order valence-electron chi connectivity index (χ3n) is 4.23. The van der Waals surface area contributed by atoms with Crippen LogP contribution in [0.5, 0.6) is 0 Å². The zero-order valence-electron chi connectivity index (χ0n) is 11.0. The Balaban J connectivity index is 2.06. The number of rotatable bonds is 4. The van der Waals surface area contributed by atoms with Gasteiger partial charge in [-0.2, -0.15) is 8.75 Å². The zero-order valence-corrected chi connectivity index (χ0v) is 11.8. The van der Waals surface area contributed by atoms with E-state index in [0.29, 0.717) is 6.04 Å². The number of nitrogens with one attached hydrogen (secondary N) is 1. The van der Waals surface area contributed by atoms with E-state index in [-0.39, 0.29) is 0 Å². The fourth-order valence-electron chi connectivity index (χ4n) is 2.93. The topological polar surface area (TPSA) is 37.8 Å². The second-order valence-electron chi connectivity index (χ2n) is 5.40. The van der Waals surface area contributed by atoms with E-state index in [0.717, 1.165) is 30.0 Å². The molecule has 1 heterocycles. The van der Waals surface area contributed by atoms with Crippen molar-refractivity contribution < 1.29 is 0 Å². The molecule has 1 aromatic heterocycles. The average molecular weight is 253 g/mol. The minimum absolute atomic E-state index is 0.411. The van der Waals surface area contributed by atoms with Crippen LogP contribution in [-0.4, -0.2) is 15.3 Å².